The minimum Gasteiger partial charge on any atom is -0.446 e. The molecule has 0 saturated carbocycles. The van der Waals surface area contributed by atoms with Crippen LogP contribution in [-0.4, -0.2) is 29.5 Å². The maximum atomic E-state index is 11.7. The first-order chi connectivity index (χ1) is 8.65. The maximum absolute atomic E-state index is 11.7. The summed E-state index contributed by atoms with van der Waals surface area (Å²) in [6, 6.07) is 0. The number of nitrogens with zero attached hydrogens (tertiary/aromatic N) is 1. The van der Waals surface area contributed by atoms with Crippen LogP contribution in [0.1, 0.15) is 65.2 Å². The Morgan fingerprint density at radius 2 is 2.06 bits per heavy atom. The molecule has 0 aromatic heterocycles. The highest BCUT2D eigenvalue weighted by atomic mass is 16.6. The number of rotatable bonds is 7. The second-order valence-electron chi connectivity index (χ2n) is 5.05. The van der Waals surface area contributed by atoms with Gasteiger partial charge in [-0.3, -0.25) is 4.79 Å². The molecule has 0 aromatic carbocycles. The van der Waals surface area contributed by atoms with Crippen molar-refractivity contribution in [2.75, 3.05) is 6.54 Å². The quantitative estimate of drug-likeness (QED) is 0.654. The third-order valence-corrected chi connectivity index (χ3v) is 3.31. The zero-order valence-electron chi connectivity index (χ0n) is 11.6. The van der Waals surface area contributed by atoms with Gasteiger partial charge in [0.1, 0.15) is 6.10 Å². The molecule has 4 nitrogen and oxygen atoms in total. The van der Waals surface area contributed by atoms with Gasteiger partial charge in [-0.25, -0.2) is 9.69 Å². The molecule has 1 fully saturated rings. The molecular weight excluding hydrogens is 230 g/mol. The van der Waals surface area contributed by atoms with Crippen molar-refractivity contribution < 1.29 is 14.3 Å². The summed E-state index contributed by atoms with van der Waals surface area (Å²) in [4.78, 5) is 24.3. The predicted octanol–water partition coefficient (Wildman–Crippen LogP) is 3.49. The summed E-state index contributed by atoms with van der Waals surface area (Å²) in [5.74, 6) is -0.102. The van der Waals surface area contributed by atoms with Gasteiger partial charge in [0.2, 0.25) is 5.91 Å². The summed E-state index contributed by atoms with van der Waals surface area (Å²) in [5.41, 5.74) is 0. The number of carbonyl (C=O) groups excluding carboxylic acids is 2. The molecule has 1 atom stereocenters. The fourth-order valence-electron chi connectivity index (χ4n) is 2.17. The lowest BCUT2D eigenvalue weighted by molar-refractivity contribution is -0.126. The van der Waals surface area contributed by atoms with Gasteiger partial charge in [-0.2, -0.15) is 0 Å². The molecule has 1 rings (SSSR count). The van der Waals surface area contributed by atoms with Gasteiger partial charge in [0, 0.05) is 13.0 Å². The SMILES string of the molecule is CCCCCCCC(C)OC(=O)N1CCCC1=O. The number of imide groups is 1. The molecular formula is C14H25NO3. The van der Waals surface area contributed by atoms with Crippen LogP contribution in [0.15, 0.2) is 0 Å². The van der Waals surface area contributed by atoms with Crippen LogP contribution in [0.25, 0.3) is 0 Å². The average Bonchev–Trinajstić information content (AvgIpc) is 2.75. The number of unbranched alkanes of at least 4 members (excludes halogenated alkanes) is 4. The van der Waals surface area contributed by atoms with Gasteiger partial charge >= 0.3 is 6.09 Å². The Bertz CT molecular complexity index is 278. The fourth-order valence-corrected chi connectivity index (χ4v) is 2.17. The first-order valence-electron chi connectivity index (χ1n) is 7.16. The van der Waals surface area contributed by atoms with E-state index in [2.05, 4.69) is 6.92 Å². The van der Waals surface area contributed by atoms with Crippen LogP contribution in [0.3, 0.4) is 0 Å². The molecule has 1 aliphatic rings. The van der Waals surface area contributed by atoms with Crippen LogP contribution < -0.4 is 0 Å². The highest BCUT2D eigenvalue weighted by Crippen LogP contribution is 2.14. The second-order valence-corrected chi connectivity index (χ2v) is 5.05. The van der Waals surface area contributed by atoms with Crippen LogP contribution in [0.4, 0.5) is 4.79 Å². The number of amides is 2. The third-order valence-electron chi connectivity index (χ3n) is 3.31. The van der Waals surface area contributed by atoms with Crippen molar-refractivity contribution in [1.29, 1.82) is 0 Å². The second kappa shape index (κ2) is 8.11. The lowest BCUT2D eigenvalue weighted by Gasteiger charge is -2.18. The summed E-state index contributed by atoms with van der Waals surface area (Å²) in [7, 11) is 0. The van der Waals surface area contributed by atoms with Crippen molar-refractivity contribution in [3.8, 4) is 0 Å². The predicted molar refractivity (Wildman–Crippen MR) is 70.3 cm³/mol. The highest BCUT2D eigenvalue weighted by Gasteiger charge is 2.28. The van der Waals surface area contributed by atoms with E-state index in [0.29, 0.717) is 13.0 Å². The van der Waals surface area contributed by atoms with E-state index in [0.717, 1.165) is 19.3 Å². The number of ether oxygens (including phenoxy) is 1. The Labute approximate surface area is 110 Å². The molecule has 104 valence electrons. The van der Waals surface area contributed by atoms with Gasteiger partial charge in [0.05, 0.1) is 0 Å². The van der Waals surface area contributed by atoms with Gasteiger partial charge in [-0.1, -0.05) is 32.6 Å². The summed E-state index contributed by atoms with van der Waals surface area (Å²) in [6.07, 6.45) is 7.61. The molecule has 0 spiro atoms. The molecule has 0 aromatic rings. The van der Waals surface area contributed by atoms with E-state index in [1.165, 1.54) is 30.6 Å². The van der Waals surface area contributed by atoms with E-state index in [9.17, 15) is 9.59 Å². The van der Waals surface area contributed by atoms with Crippen molar-refractivity contribution in [2.24, 2.45) is 0 Å². The minimum atomic E-state index is -0.460. The molecule has 1 unspecified atom stereocenters. The first-order valence-corrected chi connectivity index (χ1v) is 7.16. The number of likely N-dealkylation sites (tertiary alicyclic amines) is 1. The lowest BCUT2D eigenvalue weighted by Crippen LogP contribution is -2.34. The van der Waals surface area contributed by atoms with Gasteiger partial charge in [0.15, 0.2) is 0 Å². The smallest absolute Gasteiger partial charge is 0.416 e. The summed E-state index contributed by atoms with van der Waals surface area (Å²) >= 11 is 0. The van der Waals surface area contributed by atoms with E-state index in [-0.39, 0.29) is 12.0 Å². The van der Waals surface area contributed by atoms with Gasteiger partial charge in [0.25, 0.3) is 0 Å². The Balaban J connectivity index is 2.13. The molecule has 1 aliphatic heterocycles. The standard InChI is InChI=1S/C14H25NO3/c1-3-4-5-6-7-9-12(2)18-14(17)15-11-8-10-13(15)16/h12H,3-11H2,1-2H3. The monoisotopic (exact) mass is 255 g/mol. The normalized spacial score (nSPS) is 17.0. The van der Waals surface area contributed by atoms with Crippen LogP contribution in [0.5, 0.6) is 0 Å². The molecule has 1 heterocycles. The number of hydrogen-bond acceptors (Lipinski definition) is 3. The topological polar surface area (TPSA) is 46.6 Å². The minimum absolute atomic E-state index is 0.0903. The van der Waals surface area contributed by atoms with Crippen molar-refractivity contribution in [3.63, 3.8) is 0 Å². The Morgan fingerprint density at radius 3 is 2.67 bits per heavy atom. The summed E-state index contributed by atoms with van der Waals surface area (Å²) in [5, 5.41) is 0. The molecule has 0 radical (unpaired) electrons. The Kier molecular flexibility index (Phi) is 6.76. The third kappa shape index (κ3) is 5.07. The number of hydrogen-bond donors (Lipinski definition) is 0. The average molecular weight is 255 g/mol. The van der Waals surface area contributed by atoms with Crippen LogP contribution in [-0.2, 0) is 9.53 Å². The Hall–Kier alpha value is -1.06. The molecule has 0 N–H and O–H groups in total. The molecule has 0 bridgehead atoms. The fraction of sp³-hybridized carbons (Fsp3) is 0.857. The van der Waals surface area contributed by atoms with Gasteiger partial charge in [-0.05, 0) is 26.2 Å². The van der Waals surface area contributed by atoms with Crippen molar-refractivity contribution >= 4 is 12.0 Å². The maximum Gasteiger partial charge on any atom is 0.416 e. The van der Waals surface area contributed by atoms with E-state index in [1.54, 1.807) is 0 Å². The first kappa shape index (κ1) is 15.0. The molecule has 0 aliphatic carbocycles. The van der Waals surface area contributed by atoms with Crippen LogP contribution in [0.2, 0.25) is 0 Å². The molecule has 2 amide bonds. The highest BCUT2D eigenvalue weighted by molar-refractivity contribution is 5.93. The Morgan fingerprint density at radius 1 is 1.33 bits per heavy atom. The molecule has 18 heavy (non-hydrogen) atoms. The van der Waals surface area contributed by atoms with E-state index >= 15 is 0 Å². The van der Waals surface area contributed by atoms with Crippen LogP contribution in [0, 0.1) is 0 Å². The zero-order chi connectivity index (χ0) is 13.4. The van der Waals surface area contributed by atoms with Crippen molar-refractivity contribution in [1.82, 2.24) is 4.90 Å². The van der Waals surface area contributed by atoms with Gasteiger partial charge < -0.3 is 4.74 Å². The van der Waals surface area contributed by atoms with Gasteiger partial charge in [-0.15, -0.1) is 0 Å². The van der Waals surface area contributed by atoms with Crippen LogP contribution >= 0.6 is 0 Å². The summed E-state index contributed by atoms with van der Waals surface area (Å²) in [6.45, 7) is 4.61. The molecule has 1 saturated heterocycles. The van der Waals surface area contributed by atoms with E-state index in [1.807, 2.05) is 6.92 Å². The number of carbonyl (C=O) groups is 2. The molecule has 4 heteroatoms. The van der Waals surface area contributed by atoms with Crippen molar-refractivity contribution in [2.45, 2.75) is 71.3 Å². The summed E-state index contributed by atoms with van der Waals surface area (Å²) < 4.78 is 5.28. The van der Waals surface area contributed by atoms with E-state index < -0.39 is 6.09 Å². The van der Waals surface area contributed by atoms with Crippen molar-refractivity contribution in [3.05, 3.63) is 0 Å². The zero-order valence-corrected chi connectivity index (χ0v) is 11.6. The lowest BCUT2D eigenvalue weighted by atomic mass is 10.1. The largest absolute Gasteiger partial charge is 0.446 e. The van der Waals surface area contributed by atoms with E-state index in [4.69, 9.17) is 4.74 Å².